The molecule has 3 N–H and O–H groups in total. The number of hydrogen-bond acceptors (Lipinski definition) is 4. The van der Waals surface area contributed by atoms with E-state index in [0.29, 0.717) is 6.04 Å². The minimum atomic E-state index is 0.358. The zero-order valence-corrected chi connectivity index (χ0v) is 15.7. The quantitative estimate of drug-likeness (QED) is 0.417. The van der Waals surface area contributed by atoms with Gasteiger partial charge in [0, 0.05) is 41.0 Å². The fraction of sp³-hybridized carbons (Fsp3) is 0.136. The van der Waals surface area contributed by atoms with Crippen LogP contribution in [0, 0.1) is 0 Å². The summed E-state index contributed by atoms with van der Waals surface area (Å²) in [6, 6.07) is 12.9. The van der Waals surface area contributed by atoms with Gasteiger partial charge in [0.05, 0.1) is 28.6 Å². The Morgan fingerprint density at radius 2 is 1.82 bits per heavy atom. The molecule has 5 aromatic rings. The standard InChI is InChI=1S/C22H20N6/c1-13(2)25-17-7-16(10-24-11-17)14-3-4-19-18(8-14)22(28-27-19)20-9-15-5-6-23-12-21(15)26-20/h3-13,25-26H,1-2H3,(H,27,28). The average Bonchev–Trinajstić information content (AvgIpc) is 3.30. The maximum Gasteiger partial charge on any atom is 0.116 e. The Labute approximate surface area is 162 Å². The maximum absolute atomic E-state index is 4.55. The Hall–Kier alpha value is -3.67. The van der Waals surface area contributed by atoms with Crippen molar-refractivity contribution in [1.29, 1.82) is 0 Å². The van der Waals surface area contributed by atoms with E-state index in [1.807, 2.05) is 24.7 Å². The second-order valence-corrected chi connectivity index (χ2v) is 7.24. The lowest BCUT2D eigenvalue weighted by atomic mass is 10.0. The van der Waals surface area contributed by atoms with Gasteiger partial charge in [0.25, 0.3) is 0 Å². The summed E-state index contributed by atoms with van der Waals surface area (Å²) in [5.41, 5.74) is 7.06. The highest BCUT2D eigenvalue weighted by atomic mass is 15.1. The fourth-order valence-corrected chi connectivity index (χ4v) is 3.51. The monoisotopic (exact) mass is 368 g/mol. The lowest BCUT2D eigenvalue weighted by Gasteiger charge is -2.11. The molecule has 4 heterocycles. The second-order valence-electron chi connectivity index (χ2n) is 7.24. The SMILES string of the molecule is CC(C)Nc1cncc(-c2ccc3[nH]nc(-c4cc5ccncc5[nH]4)c3c2)c1. The highest BCUT2D eigenvalue weighted by Gasteiger charge is 2.12. The molecule has 4 aromatic heterocycles. The Morgan fingerprint density at radius 1 is 0.893 bits per heavy atom. The van der Waals surface area contributed by atoms with Gasteiger partial charge in [-0.15, -0.1) is 0 Å². The summed E-state index contributed by atoms with van der Waals surface area (Å²) in [5.74, 6) is 0. The van der Waals surface area contributed by atoms with Crippen molar-refractivity contribution in [3.63, 3.8) is 0 Å². The average molecular weight is 368 g/mol. The van der Waals surface area contributed by atoms with Gasteiger partial charge in [0.15, 0.2) is 0 Å². The van der Waals surface area contributed by atoms with Crippen molar-refractivity contribution in [2.24, 2.45) is 0 Å². The number of benzene rings is 1. The van der Waals surface area contributed by atoms with Crippen molar-refractivity contribution in [1.82, 2.24) is 25.1 Å². The van der Waals surface area contributed by atoms with Crippen molar-refractivity contribution in [3.05, 3.63) is 61.2 Å². The van der Waals surface area contributed by atoms with Crippen LogP contribution in [0.3, 0.4) is 0 Å². The second kappa shape index (κ2) is 6.49. The summed E-state index contributed by atoms with van der Waals surface area (Å²) in [4.78, 5) is 12.0. The Kier molecular flexibility index (Phi) is 3.83. The lowest BCUT2D eigenvalue weighted by Crippen LogP contribution is -2.09. The molecule has 6 nitrogen and oxygen atoms in total. The summed E-state index contributed by atoms with van der Waals surface area (Å²) >= 11 is 0. The van der Waals surface area contributed by atoms with Crippen molar-refractivity contribution in [2.45, 2.75) is 19.9 Å². The van der Waals surface area contributed by atoms with Gasteiger partial charge < -0.3 is 10.3 Å². The van der Waals surface area contributed by atoms with Gasteiger partial charge >= 0.3 is 0 Å². The summed E-state index contributed by atoms with van der Waals surface area (Å²) in [6.07, 6.45) is 7.37. The predicted octanol–water partition coefficient (Wildman–Crippen LogP) is 4.99. The summed E-state index contributed by atoms with van der Waals surface area (Å²) < 4.78 is 0. The van der Waals surface area contributed by atoms with Crippen molar-refractivity contribution in [3.8, 4) is 22.5 Å². The number of aromatic nitrogens is 5. The Bertz CT molecular complexity index is 1250. The highest BCUT2D eigenvalue weighted by Crippen LogP contribution is 2.32. The third-order valence-corrected chi connectivity index (χ3v) is 4.77. The van der Waals surface area contributed by atoms with Crippen molar-refractivity contribution >= 4 is 27.5 Å². The van der Waals surface area contributed by atoms with Crippen LogP contribution in [0.15, 0.2) is 61.2 Å². The molecule has 0 aliphatic heterocycles. The third-order valence-electron chi connectivity index (χ3n) is 4.77. The van der Waals surface area contributed by atoms with Crippen LogP contribution in [-0.2, 0) is 0 Å². The van der Waals surface area contributed by atoms with Gasteiger partial charge in [-0.2, -0.15) is 5.10 Å². The Balaban J connectivity index is 1.60. The molecule has 1 aromatic carbocycles. The smallest absolute Gasteiger partial charge is 0.116 e. The molecule has 28 heavy (non-hydrogen) atoms. The minimum absolute atomic E-state index is 0.358. The Morgan fingerprint density at radius 3 is 2.68 bits per heavy atom. The molecular weight excluding hydrogens is 348 g/mol. The first kappa shape index (κ1) is 16.5. The first-order valence-electron chi connectivity index (χ1n) is 9.30. The van der Waals surface area contributed by atoms with Crippen LogP contribution in [0.1, 0.15) is 13.8 Å². The number of pyridine rings is 2. The van der Waals surface area contributed by atoms with E-state index in [9.17, 15) is 0 Å². The molecule has 0 atom stereocenters. The predicted molar refractivity (Wildman–Crippen MR) is 113 cm³/mol. The molecule has 138 valence electrons. The highest BCUT2D eigenvalue weighted by molar-refractivity contribution is 5.97. The summed E-state index contributed by atoms with van der Waals surface area (Å²) in [7, 11) is 0. The largest absolute Gasteiger partial charge is 0.382 e. The zero-order chi connectivity index (χ0) is 19.1. The van der Waals surface area contributed by atoms with Crippen LogP contribution in [0.5, 0.6) is 0 Å². The van der Waals surface area contributed by atoms with Gasteiger partial charge in [-0.1, -0.05) is 6.07 Å². The van der Waals surface area contributed by atoms with Crippen LogP contribution >= 0.6 is 0 Å². The number of rotatable bonds is 4. The van der Waals surface area contributed by atoms with Crippen molar-refractivity contribution < 1.29 is 0 Å². The zero-order valence-electron chi connectivity index (χ0n) is 15.7. The molecule has 0 saturated carbocycles. The fourth-order valence-electron chi connectivity index (χ4n) is 3.51. The van der Waals surface area contributed by atoms with Gasteiger partial charge in [0.2, 0.25) is 0 Å². The van der Waals surface area contributed by atoms with E-state index in [1.165, 1.54) is 0 Å². The number of fused-ring (bicyclic) bond motifs is 2. The van der Waals surface area contributed by atoms with Gasteiger partial charge in [-0.3, -0.25) is 15.1 Å². The number of anilines is 1. The molecule has 0 amide bonds. The topological polar surface area (TPSA) is 82.3 Å². The van der Waals surface area contributed by atoms with E-state index in [-0.39, 0.29) is 0 Å². The van der Waals surface area contributed by atoms with Crippen LogP contribution in [-0.4, -0.2) is 31.2 Å². The van der Waals surface area contributed by atoms with E-state index in [1.54, 1.807) is 6.20 Å². The lowest BCUT2D eigenvalue weighted by molar-refractivity contribution is 0.898. The van der Waals surface area contributed by atoms with E-state index >= 15 is 0 Å². The normalized spacial score (nSPS) is 11.5. The van der Waals surface area contributed by atoms with Crippen LogP contribution in [0.25, 0.3) is 44.3 Å². The third kappa shape index (κ3) is 2.89. The van der Waals surface area contributed by atoms with Crippen LogP contribution in [0.4, 0.5) is 5.69 Å². The number of hydrogen-bond donors (Lipinski definition) is 3. The number of nitrogens with one attached hydrogen (secondary N) is 3. The van der Waals surface area contributed by atoms with Gasteiger partial charge in [0.1, 0.15) is 5.69 Å². The van der Waals surface area contributed by atoms with Gasteiger partial charge in [-0.25, -0.2) is 0 Å². The molecule has 0 aliphatic rings. The molecule has 0 radical (unpaired) electrons. The van der Waals surface area contributed by atoms with Crippen molar-refractivity contribution in [2.75, 3.05) is 5.32 Å². The van der Waals surface area contributed by atoms with E-state index in [0.717, 1.165) is 50.0 Å². The van der Waals surface area contributed by atoms with E-state index in [2.05, 4.69) is 74.6 Å². The van der Waals surface area contributed by atoms with Gasteiger partial charge in [-0.05, 0) is 49.7 Å². The van der Waals surface area contributed by atoms with E-state index in [4.69, 9.17) is 0 Å². The molecule has 5 rings (SSSR count). The minimum Gasteiger partial charge on any atom is -0.382 e. The first-order chi connectivity index (χ1) is 13.7. The van der Waals surface area contributed by atoms with Crippen LogP contribution < -0.4 is 5.32 Å². The molecule has 0 unspecified atom stereocenters. The molecule has 0 saturated heterocycles. The molecule has 6 heteroatoms. The van der Waals surface area contributed by atoms with Crippen LogP contribution in [0.2, 0.25) is 0 Å². The first-order valence-corrected chi connectivity index (χ1v) is 9.30. The number of aromatic amines is 2. The summed E-state index contributed by atoms with van der Waals surface area (Å²) in [6.45, 7) is 4.23. The number of H-pyrrole nitrogens is 2. The summed E-state index contributed by atoms with van der Waals surface area (Å²) in [5, 5.41) is 13.3. The molecular formula is C22H20N6. The molecule has 0 bridgehead atoms. The molecule has 0 spiro atoms. The van der Waals surface area contributed by atoms with E-state index < -0.39 is 0 Å². The maximum atomic E-state index is 4.55. The number of nitrogens with zero attached hydrogens (tertiary/aromatic N) is 3. The molecule has 0 aliphatic carbocycles. The molecule has 0 fully saturated rings.